The number of phenolic OH excluding ortho intramolecular Hbond substituents is 1. The molecular weight excluding hydrogens is 256 g/mol. The van der Waals surface area contributed by atoms with Gasteiger partial charge in [-0.3, -0.25) is 0 Å². The van der Waals surface area contributed by atoms with E-state index < -0.39 is 6.10 Å². The number of aromatic hydroxyl groups is 1. The van der Waals surface area contributed by atoms with E-state index in [1.807, 2.05) is 37.3 Å². The Bertz CT molecular complexity index is 563. The van der Waals surface area contributed by atoms with Crippen LogP contribution in [0.15, 0.2) is 42.5 Å². The maximum absolute atomic E-state index is 9.28. The van der Waals surface area contributed by atoms with Gasteiger partial charge in [0.2, 0.25) is 0 Å². The summed E-state index contributed by atoms with van der Waals surface area (Å²) >= 11 is 0. The van der Waals surface area contributed by atoms with Crippen LogP contribution in [-0.4, -0.2) is 34.6 Å². The molecule has 0 fully saturated rings. The Morgan fingerprint density at radius 2 is 1.70 bits per heavy atom. The second-order valence-corrected chi connectivity index (χ2v) is 4.67. The summed E-state index contributed by atoms with van der Waals surface area (Å²) in [6.07, 6.45) is -0.869. The van der Waals surface area contributed by atoms with Gasteiger partial charge in [-0.25, -0.2) is 0 Å². The highest BCUT2D eigenvalue weighted by atomic mass is 16.5. The van der Waals surface area contributed by atoms with Gasteiger partial charge in [0.05, 0.1) is 6.61 Å². The van der Waals surface area contributed by atoms with Crippen molar-refractivity contribution in [3.63, 3.8) is 0 Å². The summed E-state index contributed by atoms with van der Waals surface area (Å²) in [6.45, 7) is 1.67. The first kappa shape index (κ1) is 14.4. The van der Waals surface area contributed by atoms with Crippen molar-refractivity contribution in [2.45, 2.75) is 13.0 Å². The van der Waals surface area contributed by atoms with Crippen molar-refractivity contribution in [3.8, 4) is 22.6 Å². The number of rotatable bonds is 5. The molecule has 2 rings (SSSR count). The Labute approximate surface area is 117 Å². The molecule has 4 nitrogen and oxygen atoms in total. The molecule has 0 heterocycles. The fraction of sp³-hybridized carbons (Fsp3) is 0.250. The van der Waals surface area contributed by atoms with E-state index in [0.29, 0.717) is 5.75 Å². The monoisotopic (exact) mass is 274 g/mol. The van der Waals surface area contributed by atoms with Crippen molar-refractivity contribution < 1.29 is 20.1 Å². The number of benzene rings is 2. The molecule has 1 unspecified atom stereocenters. The maximum Gasteiger partial charge on any atom is 0.122 e. The summed E-state index contributed by atoms with van der Waals surface area (Å²) < 4.78 is 5.45. The Hall–Kier alpha value is -2.04. The van der Waals surface area contributed by atoms with Crippen molar-refractivity contribution >= 4 is 0 Å². The van der Waals surface area contributed by atoms with Gasteiger partial charge in [-0.2, -0.15) is 0 Å². The van der Waals surface area contributed by atoms with Gasteiger partial charge in [-0.15, -0.1) is 0 Å². The van der Waals surface area contributed by atoms with E-state index in [1.54, 1.807) is 12.1 Å². The van der Waals surface area contributed by atoms with Crippen LogP contribution in [0.4, 0.5) is 0 Å². The van der Waals surface area contributed by atoms with Crippen molar-refractivity contribution in [2.24, 2.45) is 0 Å². The van der Waals surface area contributed by atoms with Crippen LogP contribution in [0.2, 0.25) is 0 Å². The Morgan fingerprint density at radius 3 is 2.30 bits per heavy atom. The second kappa shape index (κ2) is 6.41. The largest absolute Gasteiger partial charge is 0.508 e. The van der Waals surface area contributed by atoms with Crippen LogP contribution in [0.1, 0.15) is 5.56 Å². The quantitative estimate of drug-likeness (QED) is 0.781. The second-order valence-electron chi connectivity index (χ2n) is 4.67. The molecular formula is C16H18O4. The van der Waals surface area contributed by atoms with Crippen LogP contribution in [0, 0.1) is 6.92 Å². The SMILES string of the molecule is Cc1cc(-c2ccc(O)cc2)ccc1OCC(O)CO. The van der Waals surface area contributed by atoms with E-state index in [0.717, 1.165) is 16.7 Å². The summed E-state index contributed by atoms with van der Waals surface area (Å²) in [5.41, 5.74) is 2.98. The molecule has 0 radical (unpaired) electrons. The zero-order chi connectivity index (χ0) is 14.5. The number of hydrogen-bond donors (Lipinski definition) is 3. The topological polar surface area (TPSA) is 69.9 Å². The van der Waals surface area contributed by atoms with Gasteiger partial charge >= 0.3 is 0 Å². The number of aliphatic hydroxyl groups is 2. The average Bonchev–Trinajstić information content (AvgIpc) is 2.46. The van der Waals surface area contributed by atoms with Gasteiger partial charge in [0.1, 0.15) is 24.2 Å². The molecule has 0 aromatic heterocycles. The van der Waals surface area contributed by atoms with Gasteiger partial charge in [0.25, 0.3) is 0 Å². The van der Waals surface area contributed by atoms with Crippen molar-refractivity contribution in [1.29, 1.82) is 0 Å². The van der Waals surface area contributed by atoms with E-state index in [2.05, 4.69) is 0 Å². The molecule has 20 heavy (non-hydrogen) atoms. The third-order valence-electron chi connectivity index (χ3n) is 3.02. The summed E-state index contributed by atoms with van der Waals surface area (Å²) in [7, 11) is 0. The number of aryl methyl sites for hydroxylation is 1. The standard InChI is InChI=1S/C16H18O4/c1-11-8-13(12-2-5-14(18)6-3-12)4-7-16(11)20-10-15(19)9-17/h2-8,15,17-19H,9-10H2,1H3. The normalized spacial score (nSPS) is 12.2. The van der Waals surface area contributed by atoms with E-state index >= 15 is 0 Å². The highest BCUT2D eigenvalue weighted by Gasteiger charge is 2.06. The predicted octanol–water partition coefficient (Wildman–Crippen LogP) is 2.10. The van der Waals surface area contributed by atoms with Crippen LogP contribution in [-0.2, 0) is 0 Å². The van der Waals surface area contributed by atoms with Crippen LogP contribution in [0.5, 0.6) is 11.5 Å². The lowest BCUT2D eigenvalue weighted by Crippen LogP contribution is -2.21. The predicted molar refractivity (Wildman–Crippen MR) is 76.9 cm³/mol. The summed E-state index contributed by atoms with van der Waals surface area (Å²) in [4.78, 5) is 0. The smallest absolute Gasteiger partial charge is 0.122 e. The number of phenols is 1. The molecule has 0 amide bonds. The van der Waals surface area contributed by atoms with Crippen molar-refractivity contribution in [1.82, 2.24) is 0 Å². The zero-order valence-electron chi connectivity index (χ0n) is 11.3. The van der Waals surface area contributed by atoms with E-state index in [-0.39, 0.29) is 19.0 Å². The lowest BCUT2D eigenvalue weighted by atomic mass is 10.0. The van der Waals surface area contributed by atoms with Gasteiger partial charge in [0.15, 0.2) is 0 Å². The van der Waals surface area contributed by atoms with Gasteiger partial charge in [0, 0.05) is 0 Å². The van der Waals surface area contributed by atoms with Gasteiger partial charge in [-0.1, -0.05) is 18.2 Å². The minimum absolute atomic E-state index is 0.0654. The van der Waals surface area contributed by atoms with E-state index in [9.17, 15) is 10.2 Å². The molecule has 2 aromatic carbocycles. The molecule has 0 saturated heterocycles. The van der Waals surface area contributed by atoms with Crippen LogP contribution < -0.4 is 4.74 Å². The van der Waals surface area contributed by atoms with Crippen molar-refractivity contribution in [2.75, 3.05) is 13.2 Å². The molecule has 0 aliphatic heterocycles. The lowest BCUT2D eigenvalue weighted by Gasteiger charge is -2.13. The number of ether oxygens (including phenoxy) is 1. The van der Waals surface area contributed by atoms with Gasteiger partial charge < -0.3 is 20.1 Å². The van der Waals surface area contributed by atoms with E-state index in [4.69, 9.17) is 9.84 Å². The van der Waals surface area contributed by atoms with Crippen LogP contribution >= 0.6 is 0 Å². The molecule has 3 N–H and O–H groups in total. The van der Waals surface area contributed by atoms with Crippen molar-refractivity contribution in [3.05, 3.63) is 48.0 Å². The Balaban J connectivity index is 2.15. The average molecular weight is 274 g/mol. The fourth-order valence-corrected chi connectivity index (χ4v) is 1.88. The van der Waals surface area contributed by atoms with Gasteiger partial charge in [-0.05, 0) is 47.9 Å². The molecule has 0 aliphatic rings. The molecule has 106 valence electrons. The fourth-order valence-electron chi connectivity index (χ4n) is 1.88. The molecule has 0 bridgehead atoms. The molecule has 0 saturated carbocycles. The van der Waals surface area contributed by atoms with Crippen LogP contribution in [0.3, 0.4) is 0 Å². The lowest BCUT2D eigenvalue weighted by molar-refractivity contribution is 0.0534. The molecule has 2 aromatic rings. The van der Waals surface area contributed by atoms with E-state index in [1.165, 1.54) is 0 Å². The summed E-state index contributed by atoms with van der Waals surface area (Å²) in [5, 5.41) is 27.3. The third-order valence-corrected chi connectivity index (χ3v) is 3.02. The zero-order valence-corrected chi connectivity index (χ0v) is 11.3. The Morgan fingerprint density at radius 1 is 1.05 bits per heavy atom. The number of aliphatic hydroxyl groups excluding tert-OH is 2. The first-order valence-corrected chi connectivity index (χ1v) is 6.42. The summed E-state index contributed by atoms with van der Waals surface area (Å²) in [5.74, 6) is 0.920. The number of hydrogen-bond acceptors (Lipinski definition) is 4. The molecule has 4 heteroatoms. The van der Waals surface area contributed by atoms with Crippen LogP contribution in [0.25, 0.3) is 11.1 Å². The minimum Gasteiger partial charge on any atom is -0.508 e. The highest BCUT2D eigenvalue weighted by Crippen LogP contribution is 2.27. The maximum atomic E-state index is 9.28. The third kappa shape index (κ3) is 3.50. The Kier molecular flexibility index (Phi) is 4.61. The first-order valence-electron chi connectivity index (χ1n) is 6.42. The molecule has 1 atom stereocenters. The molecule has 0 spiro atoms. The molecule has 0 aliphatic carbocycles. The first-order chi connectivity index (χ1) is 9.60. The highest BCUT2D eigenvalue weighted by molar-refractivity contribution is 5.66. The summed E-state index contributed by atoms with van der Waals surface area (Å²) in [6, 6.07) is 12.7. The minimum atomic E-state index is -0.869.